The first kappa shape index (κ1) is 19.1. The zero-order chi connectivity index (χ0) is 19.9. The summed E-state index contributed by atoms with van der Waals surface area (Å²) in [5.41, 5.74) is 4.25. The number of para-hydroxylation sites is 1. The van der Waals surface area contributed by atoms with Gasteiger partial charge in [0.05, 0.1) is 5.71 Å². The van der Waals surface area contributed by atoms with Gasteiger partial charge in [0.25, 0.3) is 5.91 Å². The van der Waals surface area contributed by atoms with Gasteiger partial charge < -0.3 is 9.84 Å². The molecule has 3 aromatic rings. The van der Waals surface area contributed by atoms with Gasteiger partial charge in [-0.05, 0) is 55.0 Å². The van der Waals surface area contributed by atoms with Crippen molar-refractivity contribution in [3.63, 3.8) is 0 Å². The zero-order valence-corrected chi connectivity index (χ0v) is 15.2. The van der Waals surface area contributed by atoms with Crippen molar-refractivity contribution in [3.05, 3.63) is 95.3 Å². The summed E-state index contributed by atoms with van der Waals surface area (Å²) < 4.78 is 19.0. The van der Waals surface area contributed by atoms with Crippen LogP contribution in [0.25, 0.3) is 0 Å². The van der Waals surface area contributed by atoms with Crippen LogP contribution in [0.5, 0.6) is 11.5 Å². The predicted octanol–water partition coefficient (Wildman–Crippen LogP) is 4.26. The van der Waals surface area contributed by atoms with Crippen molar-refractivity contribution in [1.82, 2.24) is 5.43 Å². The highest BCUT2D eigenvalue weighted by Gasteiger charge is 2.09. The third-order valence-electron chi connectivity index (χ3n) is 4.04. The monoisotopic (exact) mass is 378 g/mol. The molecule has 5 nitrogen and oxygen atoms in total. The van der Waals surface area contributed by atoms with Crippen LogP contribution in [0.2, 0.25) is 0 Å². The van der Waals surface area contributed by atoms with E-state index in [0.29, 0.717) is 17.9 Å². The highest BCUT2D eigenvalue weighted by molar-refractivity contribution is 6.02. The van der Waals surface area contributed by atoms with E-state index in [1.54, 1.807) is 31.2 Å². The SMILES string of the molecule is C/C(=N\NC(=O)c1ccc(COc2ccccc2)cc1)c1cc(F)ccc1O. The molecular formula is C22H19FN2O3. The van der Waals surface area contributed by atoms with E-state index in [1.807, 2.05) is 30.3 Å². The van der Waals surface area contributed by atoms with Gasteiger partial charge in [0, 0.05) is 11.1 Å². The number of nitrogens with zero attached hydrogens (tertiary/aromatic N) is 1. The van der Waals surface area contributed by atoms with Crippen LogP contribution in [0.4, 0.5) is 4.39 Å². The molecule has 0 aliphatic heterocycles. The lowest BCUT2D eigenvalue weighted by Gasteiger charge is -2.07. The second-order valence-electron chi connectivity index (χ2n) is 6.10. The normalized spacial score (nSPS) is 11.1. The number of amides is 1. The highest BCUT2D eigenvalue weighted by atomic mass is 19.1. The van der Waals surface area contributed by atoms with E-state index in [9.17, 15) is 14.3 Å². The van der Waals surface area contributed by atoms with E-state index in [0.717, 1.165) is 23.4 Å². The molecule has 0 aliphatic carbocycles. The number of halogens is 1. The number of hydrazone groups is 1. The zero-order valence-electron chi connectivity index (χ0n) is 15.2. The number of phenols is 1. The fourth-order valence-corrected chi connectivity index (χ4v) is 2.49. The topological polar surface area (TPSA) is 70.9 Å². The lowest BCUT2D eigenvalue weighted by molar-refractivity contribution is 0.0954. The molecule has 0 radical (unpaired) electrons. The van der Waals surface area contributed by atoms with Gasteiger partial charge in [-0.3, -0.25) is 4.79 Å². The molecule has 28 heavy (non-hydrogen) atoms. The van der Waals surface area contributed by atoms with Crippen molar-refractivity contribution >= 4 is 11.6 Å². The van der Waals surface area contributed by atoms with Gasteiger partial charge in [-0.15, -0.1) is 0 Å². The number of ether oxygens (including phenoxy) is 1. The first-order valence-corrected chi connectivity index (χ1v) is 8.63. The minimum Gasteiger partial charge on any atom is -0.507 e. The number of benzene rings is 3. The first-order valence-electron chi connectivity index (χ1n) is 8.63. The van der Waals surface area contributed by atoms with Gasteiger partial charge in [0.15, 0.2) is 0 Å². The number of nitrogens with one attached hydrogen (secondary N) is 1. The van der Waals surface area contributed by atoms with Gasteiger partial charge in [-0.1, -0.05) is 30.3 Å². The Bertz CT molecular complexity index is 986. The minimum absolute atomic E-state index is 0.111. The third-order valence-corrected chi connectivity index (χ3v) is 4.04. The fourth-order valence-electron chi connectivity index (χ4n) is 2.49. The molecule has 6 heteroatoms. The molecule has 0 bridgehead atoms. The molecule has 3 rings (SSSR count). The Hall–Kier alpha value is -3.67. The van der Waals surface area contributed by atoms with E-state index >= 15 is 0 Å². The molecular weight excluding hydrogens is 359 g/mol. The van der Waals surface area contributed by atoms with Gasteiger partial charge >= 0.3 is 0 Å². The maximum Gasteiger partial charge on any atom is 0.271 e. The molecule has 0 aromatic heterocycles. The summed E-state index contributed by atoms with van der Waals surface area (Å²) in [6, 6.07) is 19.9. The summed E-state index contributed by atoms with van der Waals surface area (Å²) in [6.45, 7) is 1.96. The number of hydrogen-bond acceptors (Lipinski definition) is 4. The van der Waals surface area contributed by atoms with Crippen molar-refractivity contribution in [1.29, 1.82) is 0 Å². The summed E-state index contributed by atoms with van der Waals surface area (Å²) in [5.74, 6) is -0.248. The van der Waals surface area contributed by atoms with Crippen molar-refractivity contribution < 1.29 is 19.0 Å². The molecule has 0 aliphatic rings. The predicted molar refractivity (Wildman–Crippen MR) is 105 cm³/mol. The molecule has 0 fully saturated rings. The molecule has 142 valence electrons. The van der Waals surface area contributed by atoms with Crippen LogP contribution in [0.3, 0.4) is 0 Å². The smallest absolute Gasteiger partial charge is 0.271 e. The number of carbonyl (C=O) groups is 1. The Morgan fingerprint density at radius 2 is 1.79 bits per heavy atom. The van der Waals surface area contributed by atoms with E-state index in [4.69, 9.17) is 4.74 Å². The van der Waals surface area contributed by atoms with Crippen LogP contribution in [-0.4, -0.2) is 16.7 Å². The standard InChI is InChI=1S/C22H19FN2O3/c1-15(20-13-18(23)11-12-21(20)26)24-25-22(27)17-9-7-16(8-10-17)14-28-19-5-3-2-4-6-19/h2-13,26H,14H2,1H3,(H,25,27)/b24-15+. The first-order chi connectivity index (χ1) is 13.5. The Kier molecular flexibility index (Phi) is 6.01. The summed E-state index contributed by atoms with van der Waals surface area (Å²) in [6.07, 6.45) is 0. The largest absolute Gasteiger partial charge is 0.507 e. The van der Waals surface area contributed by atoms with Crippen LogP contribution in [0.1, 0.15) is 28.4 Å². The maximum absolute atomic E-state index is 13.3. The van der Waals surface area contributed by atoms with Crippen LogP contribution in [-0.2, 0) is 6.61 Å². The number of phenolic OH excluding ortho intramolecular Hbond substituents is 1. The van der Waals surface area contributed by atoms with Crippen LogP contribution < -0.4 is 10.2 Å². The Morgan fingerprint density at radius 1 is 1.07 bits per heavy atom. The molecule has 1 amide bonds. The fraction of sp³-hybridized carbons (Fsp3) is 0.0909. The highest BCUT2D eigenvalue weighted by Crippen LogP contribution is 2.18. The van der Waals surface area contributed by atoms with E-state index in [1.165, 1.54) is 6.07 Å². The van der Waals surface area contributed by atoms with Crippen molar-refractivity contribution in [2.45, 2.75) is 13.5 Å². The summed E-state index contributed by atoms with van der Waals surface area (Å²) in [5, 5.41) is 13.7. The molecule has 0 unspecified atom stereocenters. The lowest BCUT2D eigenvalue weighted by atomic mass is 10.1. The average Bonchev–Trinajstić information content (AvgIpc) is 2.73. The van der Waals surface area contributed by atoms with Crippen LogP contribution in [0.15, 0.2) is 77.9 Å². The summed E-state index contributed by atoms with van der Waals surface area (Å²) >= 11 is 0. The quantitative estimate of drug-likeness (QED) is 0.497. The van der Waals surface area contributed by atoms with Gasteiger partial charge in [0.1, 0.15) is 23.9 Å². The molecule has 0 atom stereocenters. The van der Waals surface area contributed by atoms with Crippen molar-refractivity contribution in [3.8, 4) is 11.5 Å². The molecule has 2 N–H and O–H groups in total. The van der Waals surface area contributed by atoms with Gasteiger partial charge in [0.2, 0.25) is 0 Å². The Morgan fingerprint density at radius 3 is 2.50 bits per heavy atom. The molecule has 0 heterocycles. The van der Waals surface area contributed by atoms with E-state index < -0.39 is 11.7 Å². The van der Waals surface area contributed by atoms with Crippen molar-refractivity contribution in [2.24, 2.45) is 5.10 Å². The lowest BCUT2D eigenvalue weighted by Crippen LogP contribution is -2.19. The number of carbonyl (C=O) groups excluding carboxylic acids is 1. The van der Waals surface area contributed by atoms with Crippen LogP contribution in [0, 0.1) is 5.82 Å². The average molecular weight is 378 g/mol. The van der Waals surface area contributed by atoms with Gasteiger partial charge in [-0.25, -0.2) is 9.82 Å². The molecule has 0 saturated heterocycles. The molecule has 0 spiro atoms. The molecule has 3 aromatic carbocycles. The number of aromatic hydroxyl groups is 1. The van der Waals surface area contributed by atoms with E-state index in [2.05, 4.69) is 10.5 Å². The van der Waals surface area contributed by atoms with Crippen LogP contribution >= 0.6 is 0 Å². The Balaban J connectivity index is 1.60. The second kappa shape index (κ2) is 8.81. The summed E-state index contributed by atoms with van der Waals surface area (Å²) in [4.78, 5) is 12.2. The molecule has 0 saturated carbocycles. The number of rotatable bonds is 6. The maximum atomic E-state index is 13.3. The van der Waals surface area contributed by atoms with Gasteiger partial charge in [-0.2, -0.15) is 5.10 Å². The minimum atomic E-state index is -0.498. The summed E-state index contributed by atoms with van der Waals surface area (Å²) in [7, 11) is 0. The van der Waals surface area contributed by atoms with Crippen molar-refractivity contribution in [2.75, 3.05) is 0 Å². The third kappa shape index (κ3) is 4.94. The Labute approximate surface area is 162 Å². The second-order valence-corrected chi connectivity index (χ2v) is 6.10. The van der Waals surface area contributed by atoms with E-state index in [-0.39, 0.29) is 11.3 Å². The number of hydrogen-bond donors (Lipinski definition) is 2.